The van der Waals surface area contributed by atoms with Gasteiger partial charge in [-0.05, 0) is 12.1 Å². The van der Waals surface area contributed by atoms with Crippen molar-refractivity contribution < 1.29 is 14.5 Å². The first-order chi connectivity index (χ1) is 9.10. The zero-order chi connectivity index (χ0) is 13.8. The minimum absolute atomic E-state index is 0.0646. The third-order valence-electron chi connectivity index (χ3n) is 2.34. The van der Waals surface area contributed by atoms with E-state index in [1.807, 2.05) is 0 Å². The number of carbonyl (C=O) groups is 1. The Hall–Kier alpha value is -2.77. The first-order valence-electron chi connectivity index (χ1n) is 5.32. The van der Waals surface area contributed by atoms with Crippen LogP contribution in [0.2, 0.25) is 0 Å². The largest absolute Gasteiger partial charge is 0.480 e. The highest BCUT2D eigenvalue weighted by atomic mass is 16.6. The van der Waals surface area contributed by atoms with Gasteiger partial charge in [0.15, 0.2) is 5.75 Å². The number of carbonyl (C=O) groups excluding carboxylic acids is 1. The van der Waals surface area contributed by atoms with Crippen molar-refractivity contribution in [3.05, 3.63) is 45.8 Å². The molecule has 0 unspecified atom stereocenters. The standard InChI is InChI=1S/C11H10N4O4/c1-14-5-9(12-13-14)7-19-11-3-2-8(6-16)4-10(11)15(17)18/h2-6H,7H2,1H3. The summed E-state index contributed by atoms with van der Waals surface area (Å²) in [6.07, 6.45) is 2.19. The van der Waals surface area contributed by atoms with Gasteiger partial charge in [-0.3, -0.25) is 19.6 Å². The van der Waals surface area contributed by atoms with Crippen molar-refractivity contribution in [1.82, 2.24) is 15.0 Å². The summed E-state index contributed by atoms with van der Waals surface area (Å²) >= 11 is 0. The zero-order valence-corrected chi connectivity index (χ0v) is 10.0. The summed E-state index contributed by atoms with van der Waals surface area (Å²) in [5.41, 5.74) is 0.517. The zero-order valence-electron chi connectivity index (χ0n) is 10.0. The summed E-state index contributed by atoms with van der Waals surface area (Å²) in [6.45, 7) is 0.0646. The molecule has 0 N–H and O–H groups in total. The molecule has 0 fully saturated rings. The fourth-order valence-electron chi connectivity index (χ4n) is 1.49. The smallest absolute Gasteiger partial charge is 0.311 e. The van der Waals surface area contributed by atoms with Crippen LogP contribution in [0.3, 0.4) is 0 Å². The molecular weight excluding hydrogens is 252 g/mol. The number of hydrogen-bond donors (Lipinski definition) is 0. The van der Waals surface area contributed by atoms with Gasteiger partial charge < -0.3 is 4.74 Å². The number of nitro benzene ring substituents is 1. The molecular formula is C11H10N4O4. The lowest BCUT2D eigenvalue weighted by Gasteiger charge is -2.04. The molecule has 19 heavy (non-hydrogen) atoms. The van der Waals surface area contributed by atoms with Crippen LogP contribution in [0.4, 0.5) is 5.69 Å². The number of aromatic nitrogens is 3. The molecule has 0 amide bonds. The van der Waals surface area contributed by atoms with Crippen molar-refractivity contribution in [2.75, 3.05) is 0 Å². The lowest BCUT2D eigenvalue weighted by molar-refractivity contribution is -0.386. The van der Waals surface area contributed by atoms with Gasteiger partial charge in [0.25, 0.3) is 0 Å². The molecule has 1 heterocycles. The number of rotatable bonds is 5. The van der Waals surface area contributed by atoms with E-state index in [9.17, 15) is 14.9 Å². The van der Waals surface area contributed by atoms with E-state index in [0.717, 1.165) is 0 Å². The van der Waals surface area contributed by atoms with Crippen molar-refractivity contribution >= 4 is 12.0 Å². The van der Waals surface area contributed by atoms with E-state index in [4.69, 9.17) is 4.74 Å². The molecule has 0 radical (unpaired) electrons. The van der Waals surface area contributed by atoms with E-state index >= 15 is 0 Å². The Bertz CT molecular complexity index is 623. The van der Waals surface area contributed by atoms with Crippen LogP contribution in [0.1, 0.15) is 16.1 Å². The van der Waals surface area contributed by atoms with Gasteiger partial charge in [0.2, 0.25) is 0 Å². The van der Waals surface area contributed by atoms with Crippen LogP contribution in [0.15, 0.2) is 24.4 Å². The number of nitrogens with zero attached hydrogens (tertiary/aromatic N) is 4. The Balaban J connectivity index is 2.19. The van der Waals surface area contributed by atoms with Crippen molar-refractivity contribution in [2.24, 2.45) is 7.05 Å². The maximum atomic E-state index is 10.9. The summed E-state index contributed by atoms with van der Waals surface area (Å²) < 4.78 is 6.83. The summed E-state index contributed by atoms with van der Waals surface area (Å²) in [5, 5.41) is 18.4. The highest BCUT2D eigenvalue weighted by molar-refractivity contribution is 5.77. The first-order valence-corrected chi connectivity index (χ1v) is 5.32. The Labute approximate surface area is 107 Å². The molecule has 0 aliphatic carbocycles. The number of nitro groups is 1. The van der Waals surface area contributed by atoms with Crippen molar-refractivity contribution in [3.63, 3.8) is 0 Å². The maximum absolute atomic E-state index is 10.9. The quantitative estimate of drug-likeness (QED) is 0.454. The minimum atomic E-state index is -0.598. The molecule has 2 aromatic rings. The fourth-order valence-corrected chi connectivity index (χ4v) is 1.49. The Morgan fingerprint density at radius 1 is 1.53 bits per heavy atom. The normalized spacial score (nSPS) is 10.2. The van der Waals surface area contributed by atoms with Gasteiger partial charge in [0.1, 0.15) is 18.6 Å². The van der Waals surface area contributed by atoms with E-state index in [1.165, 1.54) is 22.9 Å². The molecule has 8 heteroatoms. The summed E-state index contributed by atoms with van der Waals surface area (Å²) in [7, 11) is 1.71. The highest BCUT2D eigenvalue weighted by Crippen LogP contribution is 2.28. The second-order valence-electron chi connectivity index (χ2n) is 3.77. The second kappa shape index (κ2) is 5.25. The number of hydrogen-bond acceptors (Lipinski definition) is 6. The Morgan fingerprint density at radius 3 is 2.89 bits per heavy atom. The van der Waals surface area contributed by atoms with Crippen molar-refractivity contribution in [3.8, 4) is 5.75 Å². The van der Waals surface area contributed by atoms with Gasteiger partial charge in [-0.2, -0.15) is 0 Å². The van der Waals surface area contributed by atoms with Gasteiger partial charge in [0, 0.05) is 18.7 Å². The second-order valence-corrected chi connectivity index (χ2v) is 3.77. The summed E-state index contributed by atoms with van der Waals surface area (Å²) in [5.74, 6) is 0.0845. The lowest BCUT2D eigenvalue weighted by Crippen LogP contribution is -2.00. The van der Waals surface area contributed by atoms with Crippen LogP contribution in [0.25, 0.3) is 0 Å². The van der Waals surface area contributed by atoms with Gasteiger partial charge in [-0.25, -0.2) is 0 Å². The van der Waals surface area contributed by atoms with Gasteiger partial charge in [-0.1, -0.05) is 5.21 Å². The number of ether oxygens (including phenoxy) is 1. The molecule has 8 nitrogen and oxygen atoms in total. The van der Waals surface area contributed by atoms with Crippen LogP contribution < -0.4 is 4.74 Å². The van der Waals surface area contributed by atoms with Gasteiger partial charge in [-0.15, -0.1) is 5.10 Å². The molecule has 0 aliphatic rings. The third-order valence-corrected chi connectivity index (χ3v) is 2.34. The van der Waals surface area contributed by atoms with E-state index in [1.54, 1.807) is 13.2 Å². The van der Waals surface area contributed by atoms with Crippen LogP contribution in [-0.2, 0) is 13.7 Å². The van der Waals surface area contributed by atoms with Crippen LogP contribution in [0.5, 0.6) is 5.75 Å². The van der Waals surface area contributed by atoms with E-state index in [-0.39, 0.29) is 23.6 Å². The number of aldehydes is 1. The van der Waals surface area contributed by atoms with Gasteiger partial charge in [0.05, 0.1) is 11.1 Å². The maximum Gasteiger partial charge on any atom is 0.311 e. The molecule has 0 saturated heterocycles. The topological polar surface area (TPSA) is 100 Å². The SMILES string of the molecule is Cn1cc(COc2ccc(C=O)cc2[N+](=O)[O-])nn1. The van der Waals surface area contributed by atoms with Crippen molar-refractivity contribution in [2.45, 2.75) is 6.61 Å². The summed E-state index contributed by atoms with van der Waals surface area (Å²) in [4.78, 5) is 20.9. The van der Waals surface area contributed by atoms with Crippen molar-refractivity contribution in [1.29, 1.82) is 0 Å². The molecule has 1 aromatic carbocycles. The first kappa shape index (κ1) is 12.7. The lowest BCUT2D eigenvalue weighted by atomic mass is 10.2. The number of benzene rings is 1. The minimum Gasteiger partial charge on any atom is -0.480 e. The molecule has 0 saturated carbocycles. The molecule has 1 aromatic heterocycles. The fraction of sp³-hybridized carbons (Fsp3) is 0.182. The van der Waals surface area contributed by atoms with E-state index < -0.39 is 4.92 Å². The average molecular weight is 262 g/mol. The molecule has 0 aliphatic heterocycles. The van der Waals surface area contributed by atoms with E-state index in [0.29, 0.717) is 12.0 Å². The molecule has 0 bridgehead atoms. The predicted molar refractivity (Wildman–Crippen MR) is 63.8 cm³/mol. The summed E-state index contributed by atoms with van der Waals surface area (Å²) in [6, 6.07) is 4.00. The van der Waals surface area contributed by atoms with Gasteiger partial charge >= 0.3 is 5.69 Å². The Morgan fingerprint density at radius 2 is 2.32 bits per heavy atom. The molecule has 0 spiro atoms. The van der Waals surface area contributed by atoms with E-state index in [2.05, 4.69) is 10.3 Å². The van der Waals surface area contributed by atoms with Crippen LogP contribution in [0, 0.1) is 10.1 Å². The van der Waals surface area contributed by atoms with Crippen LogP contribution >= 0.6 is 0 Å². The number of aryl methyl sites for hydroxylation is 1. The third kappa shape index (κ3) is 2.92. The monoisotopic (exact) mass is 262 g/mol. The Kier molecular flexibility index (Phi) is 3.51. The average Bonchev–Trinajstić information content (AvgIpc) is 2.82. The molecule has 2 rings (SSSR count). The highest BCUT2D eigenvalue weighted by Gasteiger charge is 2.16. The van der Waals surface area contributed by atoms with Crippen LogP contribution in [-0.4, -0.2) is 26.2 Å². The predicted octanol–water partition coefficient (Wildman–Crippen LogP) is 1.11. The molecule has 0 atom stereocenters. The molecule has 98 valence electrons.